The molecule has 3 aromatic rings. The molecule has 4 rings (SSSR count). The molecule has 1 saturated heterocycles. The first-order valence-electron chi connectivity index (χ1n) is 9.77. The van der Waals surface area contributed by atoms with Crippen molar-refractivity contribution in [3.63, 3.8) is 0 Å². The zero-order chi connectivity index (χ0) is 22.0. The summed E-state index contributed by atoms with van der Waals surface area (Å²) < 4.78 is 14.8. The summed E-state index contributed by atoms with van der Waals surface area (Å²) in [5.74, 6) is -0.564. The predicted octanol–water partition coefficient (Wildman–Crippen LogP) is 2.34. The van der Waals surface area contributed by atoms with E-state index in [4.69, 9.17) is 11.6 Å². The van der Waals surface area contributed by atoms with Gasteiger partial charge in [0.15, 0.2) is 0 Å². The number of alkyl halides is 1. The van der Waals surface area contributed by atoms with Crippen LogP contribution in [0.5, 0.6) is 0 Å². The van der Waals surface area contributed by atoms with Gasteiger partial charge in [-0.1, -0.05) is 12.1 Å². The van der Waals surface area contributed by atoms with Gasteiger partial charge in [-0.25, -0.2) is 4.39 Å². The topological polar surface area (TPSA) is 82.2 Å². The van der Waals surface area contributed by atoms with Gasteiger partial charge in [-0.15, -0.1) is 11.6 Å². The fraction of sp³-hybridized carbons (Fsp3) is 0.273. The molecule has 1 aliphatic heterocycles. The van der Waals surface area contributed by atoms with Gasteiger partial charge in [0.1, 0.15) is 23.3 Å². The minimum absolute atomic E-state index is 0.0398. The second-order valence-corrected chi connectivity index (χ2v) is 7.51. The van der Waals surface area contributed by atoms with Crippen molar-refractivity contribution >= 4 is 34.1 Å². The van der Waals surface area contributed by atoms with Crippen LogP contribution in [0.25, 0.3) is 10.9 Å². The normalized spacial score (nSPS) is 14.0. The number of carbonyl (C=O) groups excluding carboxylic acids is 1. The quantitative estimate of drug-likeness (QED) is 0.583. The molecule has 1 aromatic carbocycles. The second-order valence-electron chi connectivity index (χ2n) is 7.25. The van der Waals surface area contributed by atoms with E-state index in [-0.39, 0.29) is 29.7 Å². The number of anilines is 1. The van der Waals surface area contributed by atoms with E-state index in [1.807, 2.05) is 4.90 Å². The standard InChI is InChI=1S/C22H19ClFN5O2/c23-11-20(30)27-7-9-28(10-8-27)21-17-5-6-26-13-19(17)29(22(31)18(21)12-25)14-15-1-3-16(24)4-2-15/h1-6,13H,7-11,14H2. The van der Waals surface area contributed by atoms with Crippen molar-refractivity contribution in [1.29, 1.82) is 5.26 Å². The maximum absolute atomic E-state index is 13.3. The molecular formula is C22H19ClFN5O2. The molecule has 0 radical (unpaired) electrons. The summed E-state index contributed by atoms with van der Waals surface area (Å²) in [7, 11) is 0. The monoisotopic (exact) mass is 439 g/mol. The highest BCUT2D eigenvalue weighted by Crippen LogP contribution is 2.29. The molecule has 158 valence electrons. The molecule has 1 amide bonds. The van der Waals surface area contributed by atoms with Crippen molar-refractivity contribution in [2.75, 3.05) is 37.0 Å². The Balaban J connectivity index is 1.79. The maximum Gasteiger partial charge on any atom is 0.271 e. The van der Waals surface area contributed by atoms with Crippen molar-refractivity contribution in [3.05, 3.63) is 70.0 Å². The average Bonchev–Trinajstić information content (AvgIpc) is 2.81. The first-order valence-corrected chi connectivity index (χ1v) is 10.3. The van der Waals surface area contributed by atoms with Crippen molar-refractivity contribution in [2.24, 2.45) is 0 Å². The highest BCUT2D eigenvalue weighted by Gasteiger charge is 2.26. The van der Waals surface area contributed by atoms with Gasteiger partial charge in [0, 0.05) is 37.8 Å². The third-order valence-electron chi connectivity index (χ3n) is 5.47. The number of piperazine rings is 1. The number of amides is 1. The number of nitriles is 1. The number of hydrogen-bond donors (Lipinski definition) is 0. The highest BCUT2D eigenvalue weighted by atomic mass is 35.5. The lowest BCUT2D eigenvalue weighted by molar-refractivity contribution is -0.128. The molecule has 1 fully saturated rings. The summed E-state index contributed by atoms with van der Waals surface area (Å²) >= 11 is 5.66. The van der Waals surface area contributed by atoms with Gasteiger partial charge in [-0.05, 0) is 23.8 Å². The van der Waals surface area contributed by atoms with Crippen LogP contribution in [0.1, 0.15) is 11.1 Å². The predicted molar refractivity (Wildman–Crippen MR) is 116 cm³/mol. The molecule has 0 atom stereocenters. The minimum atomic E-state index is -0.429. The molecule has 0 saturated carbocycles. The lowest BCUT2D eigenvalue weighted by Gasteiger charge is -2.36. The largest absolute Gasteiger partial charge is 0.366 e. The van der Waals surface area contributed by atoms with E-state index in [1.54, 1.807) is 35.5 Å². The number of aromatic nitrogens is 2. The van der Waals surface area contributed by atoms with Gasteiger partial charge in [-0.3, -0.25) is 14.6 Å². The highest BCUT2D eigenvalue weighted by molar-refractivity contribution is 6.27. The van der Waals surface area contributed by atoms with E-state index in [0.29, 0.717) is 37.4 Å². The van der Waals surface area contributed by atoms with Crippen LogP contribution in [0, 0.1) is 17.1 Å². The SMILES string of the molecule is N#Cc1c(N2CCN(C(=O)CCl)CC2)c2ccncc2n(Cc2ccc(F)cc2)c1=O. The lowest BCUT2D eigenvalue weighted by atomic mass is 10.1. The fourth-order valence-electron chi connectivity index (χ4n) is 3.90. The summed E-state index contributed by atoms with van der Waals surface area (Å²) in [4.78, 5) is 33.0. The Hall–Kier alpha value is -3.44. The molecule has 0 bridgehead atoms. The van der Waals surface area contributed by atoms with Gasteiger partial charge < -0.3 is 14.4 Å². The summed E-state index contributed by atoms with van der Waals surface area (Å²) in [5.41, 5.74) is 1.49. The summed E-state index contributed by atoms with van der Waals surface area (Å²) in [5, 5.41) is 10.6. The smallest absolute Gasteiger partial charge is 0.271 e. The van der Waals surface area contributed by atoms with E-state index >= 15 is 0 Å². The van der Waals surface area contributed by atoms with Crippen LogP contribution in [0.3, 0.4) is 0 Å². The minimum Gasteiger partial charge on any atom is -0.366 e. The number of benzene rings is 1. The third kappa shape index (κ3) is 3.97. The van der Waals surface area contributed by atoms with Crippen LogP contribution in [-0.2, 0) is 11.3 Å². The van der Waals surface area contributed by atoms with Gasteiger partial charge in [0.25, 0.3) is 5.56 Å². The first kappa shape index (κ1) is 20.8. The van der Waals surface area contributed by atoms with Crippen molar-refractivity contribution in [2.45, 2.75) is 6.54 Å². The molecule has 0 aliphatic carbocycles. The molecule has 31 heavy (non-hydrogen) atoms. The Morgan fingerprint density at radius 2 is 1.87 bits per heavy atom. The fourth-order valence-corrected chi connectivity index (χ4v) is 4.07. The van der Waals surface area contributed by atoms with Crippen molar-refractivity contribution in [3.8, 4) is 6.07 Å². The summed E-state index contributed by atoms with van der Waals surface area (Å²) in [6.45, 7) is 2.07. The van der Waals surface area contributed by atoms with E-state index in [0.717, 1.165) is 10.9 Å². The number of rotatable bonds is 4. The second kappa shape index (κ2) is 8.74. The first-order chi connectivity index (χ1) is 15.0. The molecule has 2 aromatic heterocycles. The van der Waals surface area contributed by atoms with Crippen LogP contribution < -0.4 is 10.5 Å². The molecular weight excluding hydrogens is 421 g/mol. The molecule has 3 heterocycles. The van der Waals surface area contributed by atoms with E-state index < -0.39 is 5.56 Å². The maximum atomic E-state index is 13.3. The number of nitrogens with zero attached hydrogens (tertiary/aromatic N) is 5. The van der Waals surface area contributed by atoms with Gasteiger partial charge in [0.2, 0.25) is 5.91 Å². The van der Waals surface area contributed by atoms with Crippen LogP contribution in [-0.4, -0.2) is 52.4 Å². The number of pyridine rings is 2. The summed E-state index contributed by atoms with van der Waals surface area (Å²) in [6.07, 6.45) is 3.21. The number of hydrogen-bond acceptors (Lipinski definition) is 5. The molecule has 0 unspecified atom stereocenters. The van der Waals surface area contributed by atoms with Gasteiger partial charge >= 0.3 is 0 Å². The van der Waals surface area contributed by atoms with E-state index in [1.165, 1.54) is 16.7 Å². The van der Waals surface area contributed by atoms with Crippen LogP contribution in [0.15, 0.2) is 47.5 Å². The Bertz CT molecular complexity index is 1230. The van der Waals surface area contributed by atoms with Crippen molar-refractivity contribution in [1.82, 2.24) is 14.5 Å². The molecule has 0 N–H and O–H groups in total. The van der Waals surface area contributed by atoms with E-state index in [9.17, 15) is 19.2 Å². The Labute approximate surface area is 182 Å². The Morgan fingerprint density at radius 1 is 1.16 bits per heavy atom. The molecule has 0 spiro atoms. The number of halogens is 2. The third-order valence-corrected chi connectivity index (χ3v) is 5.70. The molecule has 1 aliphatic rings. The zero-order valence-corrected chi connectivity index (χ0v) is 17.3. The van der Waals surface area contributed by atoms with Crippen molar-refractivity contribution < 1.29 is 9.18 Å². The molecule has 9 heteroatoms. The van der Waals surface area contributed by atoms with E-state index in [2.05, 4.69) is 11.1 Å². The lowest BCUT2D eigenvalue weighted by Crippen LogP contribution is -2.49. The molecule has 7 nitrogen and oxygen atoms in total. The zero-order valence-electron chi connectivity index (χ0n) is 16.6. The average molecular weight is 440 g/mol. The van der Waals surface area contributed by atoms with Crippen LogP contribution in [0.4, 0.5) is 10.1 Å². The Morgan fingerprint density at radius 3 is 2.52 bits per heavy atom. The summed E-state index contributed by atoms with van der Waals surface area (Å²) in [6, 6.07) is 9.74. The van der Waals surface area contributed by atoms with Crippen LogP contribution >= 0.6 is 11.6 Å². The van der Waals surface area contributed by atoms with Gasteiger partial charge in [0.05, 0.1) is 23.9 Å². The number of carbonyl (C=O) groups is 1. The Kier molecular flexibility index (Phi) is 5.87. The van der Waals surface area contributed by atoms with Gasteiger partial charge in [-0.2, -0.15) is 5.26 Å². The van der Waals surface area contributed by atoms with Crippen LogP contribution in [0.2, 0.25) is 0 Å². The number of fused-ring (bicyclic) bond motifs is 1.